The number of aryl methyl sites for hydroxylation is 1. The molecule has 0 saturated heterocycles. The summed E-state index contributed by atoms with van der Waals surface area (Å²) in [6.07, 6.45) is 3.20. The largest absolute Gasteiger partial charge is 0.396 e. The van der Waals surface area contributed by atoms with E-state index in [1.54, 1.807) is 13.2 Å². The number of rotatable bonds is 7. The van der Waals surface area contributed by atoms with Gasteiger partial charge in [0.15, 0.2) is 5.69 Å². The fourth-order valence-electron chi connectivity index (χ4n) is 1.84. The van der Waals surface area contributed by atoms with Crippen molar-refractivity contribution in [3.63, 3.8) is 0 Å². The van der Waals surface area contributed by atoms with Crippen molar-refractivity contribution < 1.29 is 9.59 Å². The topological polar surface area (TPSA) is 93.2 Å². The molecule has 0 saturated carbocycles. The highest BCUT2D eigenvalue weighted by Crippen LogP contribution is 2.11. The second-order valence-corrected chi connectivity index (χ2v) is 4.68. The molecule has 1 rings (SSSR count). The van der Waals surface area contributed by atoms with Crippen LogP contribution >= 0.6 is 0 Å². The maximum absolute atomic E-state index is 12.4. The van der Waals surface area contributed by atoms with Gasteiger partial charge in [-0.3, -0.25) is 14.3 Å². The second kappa shape index (κ2) is 7.52. The van der Waals surface area contributed by atoms with Crippen LogP contribution in [-0.4, -0.2) is 46.1 Å². The van der Waals surface area contributed by atoms with Crippen LogP contribution in [0.2, 0.25) is 0 Å². The van der Waals surface area contributed by atoms with Crippen LogP contribution in [0.15, 0.2) is 6.20 Å². The summed E-state index contributed by atoms with van der Waals surface area (Å²) in [5.41, 5.74) is 6.28. The van der Waals surface area contributed by atoms with E-state index in [9.17, 15) is 9.59 Å². The molecule has 7 nitrogen and oxygen atoms in total. The molecule has 2 amide bonds. The number of nitrogens with one attached hydrogen (secondary N) is 1. The van der Waals surface area contributed by atoms with Gasteiger partial charge in [0.05, 0.1) is 12.2 Å². The van der Waals surface area contributed by atoms with Crippen LogP contribution in [0.5, 0.6) is 0 Å². The van der Waals surface area contributed by atoms with E-state index < -0.39 is 0 Å². The molecule has 0 aliphatic rings. The molecule has 0 radical (unpaired) electrons. The summed E-state index contributed by atoms with van der Waals surface area (Å²) in [6, 6.07) is 0. The van der Waals surface area contributed by atoms with Gasteiger partial charge in [0.25, 0.3) is 5.91 Å². The van der Waals surface area contributed by atoms with Crippen molar-refractivity contribution in [2.45, 2.75) is 26.7 Å². The standard InChI is InChI=1S/C13H23N5O2/c1-4-6-15-11(19)9-18(7-5-2)13(20)12-10(14)8-17(3)16-12/h8H,4-7,9,14H2,1-3H3,(H,15,19). The summed E-state index contributed by atoms with van der Waals surface area (Å²) in [5.74, 6) is -0.472. The molecule has 0 fully saturated rings. The number of nitrogens with two attached hydrogens (primary N) is 1. The van der Waals surface area contributed by atoms with Gasteiger partial charge in [-0.1, -0.05) is 13.8 Å². The van der Waals surface area contributed by atoms with Gasteiger partial charge in [-0.05, 0) is 12.8 Å². The minimum atomic E-state index is -0.309. The first-order valence-corrected chi connectivity index (χ1v) is 6.84. The van der Waals surface area contributed by atoms with Crippen LogP contribution in [0.1, 0.15) is 37.2 Å². The van der Waals surface area contributed by atoms with Gasteiger partial charge in [0, 0.05) is 26.3 Å². The third-order valence-electron chi connectivity index (χ3n) is 2.75. The zero-order valence-corrected chi connectivity index (χ0v) is 12.3. The summed E-state index contributed by atoms with van der Waals surface area (Å²) >= 11 is 0. The molecule has 0 bridgehead atoms. The third-order valence-corrected chi connectivity index (χ3v) is 2.75. The van der Waals surface area contributed by atoms with Gasteiger partial charge in [-0.15, -0.1) is 0 Å². The maximum atomic E-state index is 12.4. The number of amides is 2. The van der Waals surface area contributed by atoms with E-state index in [0.29, 0.717) is 18.8 Å². The van der Waals surface area contributed by atoms with Gasteiger partial charge >= 0.3 is 0 Å². The van der Waals surface area contributed by atoms with Crippen LogP contribution in [0.25, 0.3) is 0 Å². The van der Waals surface area contributed by atoms with Crippen LogP contribution in [-0.2, 0) is 11.8 Å². The van der Waals surface area contributed by atoms with Gasteiger partial charge in [0.2, 0.25) is 5.91 Å². The Labute approximate surface area is 119 Å². The molecule has 1 aromatic heterocycles. The fourth-order valence-corrected chi connectivity index (χ4v) is 1.84. The second-order valence-electron chi connectivity index (χ2n) is 4.68. The monoisotopic (exact) mass is 281 g/mol. The van der Waals surface area contributed by atoms with Gasteiger partial charge in [-0.25, -0.2) is 0 Å². The molecule has 20 heavy (non-hydrogen) atoms. The zero-order valence-electron chi connectivity index (χ0n) is 12.3. The van der Waals surface area contributed by atoms with Crippen LogP contribution in [0, 0.1) is 0 Å². The molecular formula is C13H23N5O2. The highest BCUT2D eigenvalue weighted by molar-refractivity contribution is 5.98. The van der Waals surface area contributed by atoms with Crippen molar-refractivity contribution in [2.75, 3.05) is 25.4 Å². The van der Waals surface area contributed by atoms with Crippen molar-refractivity contribution in [1.29, 1.82) is 0 Å². The number of nitrogens with zero attached hydrogens (tertiary/aromatic N) is 3. The Kier molecular flexibility index (Phi) is 6.02. The molecule has 1 aromatic rings. The molecule has 0 atom stereocenters. The average Bonchev–Trinajstić information content (AvgIpc) is 2.74. The van der Waals surface area contributed by atoms with E-state index in [-0.39, 0.29) is 24.1 Å². The lowest BCUT2D eigenvalue weighted by Gasteiger charge is -2.20. The molecule has 112 valence electrons. The smallest absolute Gasteiger partial charge is 0.276 e. The number of carbonyl (C=O) groups excluding carboxylic acids is 2. The lowest BCUT2D eigenvalue weighted by atomic mass is 10.3. The highest BCUT2D eigenvalue weighted by Gasteiger charge is 2.22. The van der Waals surface area contributed by atoms with Crippen molar-refractivity contribution in [1.82, 2.24) is 20.0 Å². The Balaban J connectivity index is 2.77. The first-order valence-electron chi connectivity index (χ1n) is 6.84. The summed E-state index contributed by atoms with van der Waals surface area (Å²) in [4.78, 5) is 25.6. The minimum Gasteiger partial charge on any atom is -0.396 e. The Morgan fingerprint density at radius 3 is 2.60 bits per heavy atom. The molecule has 0 aromatic carbocycles. The molecule has 1 heterocycles. The number of nitrogen functional groups attached to an aromatic ring is 1. The van der Waals surface area contributed by atoms with E-state index >= 15 is 0 Å². The van der Waals surface area contributed by atoms with E-state index in [1.807, 2.05) is 13.8 Å². The minimum absolute atomic E-state index is 0.0304. The Morgan fingerprint density at radius 1 is 1.40 bits per heavy atom. The SMILES string of the molecule is CCCNC(=O)CN(CCC)C(=O)c1nn(C)cc1N. The Bertz CT molecular complexity index is 469. The lowest BCUT2D eigenvalue weighted by molar-refractivity contribution is -0.121. The maximum Gasteiger partial charge on any atom is 0.276 e. The van der Waals surface area contributed by atoms with E-state index in [0.717, 1.165) is 12.8 Å². The molecule has 3 N–H and O–H groups in total. The Morgan fingerprint density at radius 2 is 2.10 bits per heavy atom. The quantitative estimate of drug-likeness (QED) is 0.755. The van der Waals surface area contributed by atoms with Crippen molar-refractivity contribution in [3.05, 3.63) is 11.9 Å². The van der Waals surface area contributed by atoms with Crippen LogP contribution < -0.4 is 11.1 Å². The predicted molar refractivity (Wildman–Crippen MR) is 77.1 cm³/mol. The highest BCUT2D eigenvalue weighted by atomic mass is 16.2. The number of anilines is 1. The molecule has 7 heteroatoms. The van der Waals surface area contributed by atoms with Gasteiger partial charge in [-0.2, -0.15) is 5.10 Å². The zero-order chi connectivity index (χ0) is 15.1. The first kappa shape index (κ1) is 16.0. The normalized spacial score (nSPS) is 10.3. The molecule has 0 spiro atoms. The number of carbonyl (C=O) groups is 2. The summed E-state index contributed by atoms with van der Waals surface area (Å²) in [7, 11) is 1.70. The summed E-state index contributed by atoms with van der Waals surface area (Å²) in [6.45, 7) is 5.06. The van der Waals surface area contributed by atoms with Crippen LogP contribution in [0.3, 0.4) is 0 Å². The van der Waals surface area contributed by atoms with E-state index in [2.05, 4.69) is 10.4 Å². The van der Waals surface area contributed by atoms with E-state index in [4.69, 9.17) is 5.73 Å². The first-order chi connectivity index (χ1) is 9.49. The predicted octanol–water partition coefficient (Wildman–Crippen LogP) is 0.381. The molecular weight excluding hydrogens is 258 g/mol. The van der Waals surface area contributed by atoms with Gasteiger partial charge in [0.1, 0.15) is 0 Å². The molecule has 0 aliphatic heterocycles. The summed E-state index contributed by atoms with van der Waals surface area (Å²) < 4.78 is 1.49. The Hall–Kier alpha value is -2.05. The number of aromatic nitrogens is 2. The van der Waals surface area contributed by atoms with Crippen molar-refractivity contribution in [3.8, 4) is 0 Å². The lowest BCUT2D eigenvalue weighted by Crippen LogP contribution is -2.41. The average molecular weight is 281 g/mol. The fraction of sp³-hybridized carbons (Fsp3) is 0.615. The molecule has 0 unspecified atom stereocenters. The number of hydrogen-bond acceptors (Lipinski definition) is 4. The van der Waals surface area contributed by atoms with Gasteiger partial charge < -0.3 is 16.0 Å². The van der Waals surface area contributed by atoms with Crippen LogP contribution in [0.4, 0.5) is 5.69 Å². The third kappa shape index (κ3) is 4.25. The number of hydrogen-bond donors (Lipinski definition) is 2. The molecule has 0 aliphatic carbocycles. The van der Waals surface area contributed by atoms with Crippen molar-refractivity contribution >= 4 is 17.5 Å². The van der Waals surface area contributed by atoms with E-state index in [1.165, 1.54) is 9.58 Å². The summed E-state index contributed by atoms with van der Waals surface area (Å²) in [5, 5.41) is 6.81. The van der Waals surface area contributed by atoms with Crippen molar-refractivity contribution in [2.24, 2.45) is 7.05 Å².